The molecule has 0 aliphatic heterocycles. The third-order valence-electron chi connectivity index (χ3n) is 2.12. The van der Waals surface area contributed by atoms with Crippen molar-refractivity contribution in [3.05, 3.63) is 33.9 Å². The minimum absolute atomic E-state index is 0.0120. The van der Waals surface area contributed by atoms with E-state index in [0.29, 0.717) is 0 Å². The van der Waals surface area contributed by atoms with Crippen molar-refractivity contribution in [3.63, 3.8) is 0 Å². The summed E-state index contributed by atoms with van der Waals surface area (Å²) < 4.78 is 62.0. The number of benzene rings is 1. The van der Waals surface area contributed by atoms with E-state index in [9.17, 15) is 31.7 Å². The van der Waals surface area contributed by atoms with E-state index in [1.165, 1.54) is 6.92 Å². The van der Waals surface area contributed by atoms with Gasteiger partial charge >= 0.3 is 15.6 Å². The van der Waals surface area contributed by atoms with Crippen LogP contribution in [0.15, 0.2) is 18.2 Å². The van der Waals surface area contributed by atoms with Crippen molar-refractivity contribution in [2.75, 3.05) is 0 Å². The highest BCUT2D eigenvalue weighted by atomic mass is 32.2. The summed E-state index contributed by atoms with van der Waals surface area (Å²) in [6, 6.07) is 2.64. The molecule has 106 valence electrons. The molecule has 10 heteroatoms. The van der Waals surface area contributed by atoms with Gasteiger partial charge in [-0.25, -0.2) is 0 Å². The predicted molar refractivity (Wildman–Crippen MR) is 58.1 cm³/mol. The van der Waals surface area contributed by atoms with Crippen molar-refractivity contribution in [2.45, 2.75) is 18.9 Å². The molecule has 0 aliphatic carbocycles. The summed E-state index contributed by atoms with van der Waals surface area (Å²) in [5.74, 6) is -0.578. The van der Waals surface area contributed by atoms with E-state index in [4.69, 9.17) is 0 Å². The Morgan fingerprint density at radius 1 is 1.37 bits per heavy atom. The van der Waals surface area contributed by atoms with E-state index in [2.05, 4.69) is 4.18 Å². The van der Waals surface area contributed by atoms with Gasteiger partial charge in [0.1, 0.15) is 5.75 Å². The number of hydrogen-bond donors (Lipinski definition) is 0. The van der Waals surface area contributed by atoms with Gasteiger partial charge in [0.2, 0.25) is 0 Å². The van der Waals surface area contributed by atoms with Gasteiger partial charge in [-0.2, -0.15) is 21.6 Å². The zero-order valence-electron chi connectivity index (χ0n) is 9.47. The van der Waals surface area contributed by atoms with Crippen LogP contribution in [0.5, 0.6) is 5.75 Å². The fourth-order valence-corrected chi connectivity index (χ4v) is 1.70. The molecule has 6 nitrogen and oxygen atoms in total. The van der Waals surface area contributed by atoms with E-state index in [1.807, 2.05) is 0 Å². The first kappa shape index (κ1) is 15.2. The van der Waals surface area contributed by atoms with Crippen LogP contribution in [0, 0.1) is 10.1 Å². The molecule has 19 heavy (non-hydrogen) atoms. The van der Waals surface area contributed by atoms with Crippen molar-refractivity contribution < 1.29 is 30.7 Å². The van der Waals surface area contributed by atoms with Gasteiger partial charge in [-0.05, 0) is 12.5 Å². The van der Waals surface area contributed by atoms with Crippen LogP contribution in [0.3, 0.4) is 0 Å². The van der Waals surface area contributed by atoms with Crippen molar-refractivity contribution in [1.82, 2.24) is 0 Å². The molecule has 0 bridgehead atoms. The number of alkyl halides is 3. The van der Waals surface area contributed by atoms with Gasteiger partial charge in [0.15, 0.2) is 0 Å². The Labute approximate surface area is 106 Å². The zero-order valence-corrected chi connectivity index (χ0v) is 10.3. The van der Waals surface area contributed by atoms with Crippen LogP contribution in [0.1, 0.15) is 12.5 Å². The Bertz CT molecular complexity index is 596. The van der Waals surface area contributed by atoms with E-state index in [1.54, 1.807) is 0 Å². The summed E-state index contributed by atoms with van der Waals surface area (Å²) in [7, 11) is -5.79. The van der Waals surface area contributed by atoms with Gasteiger partial charge in [0, 0.05) is 17.7 Å². The molecule has 0 aromatic heterocycles. The van der Waals surface area contributed by atoms with E-state index in [0.717, 1.165) is 18.2 Å². The SMILES string of the molecule is CCc1cc([N+](=O)[O-])ccc1OS(=O)(=O)C(F)(F)F. The van der Waals surface area contributed by atoms with Crippen molar-refractivity contribution in [2.24, 2.45) is 0 Å². The van der Waals surface area contributed by atoms with Crippen molar-refractivity contribution in [1.29, 1.82) is 0 Å². The number of nitro benzene ring substituents is 1. The van der Waals surface area contributed by atoms with Crippen LogP contribution >= 0.6 is 0 Å². The summed E-state index contributed by atoms with van der Waals surface area (Å²) in [6.07, 6.45) is 0.0738. The topological polar surface area (TPSA) is 86.5 Å². The van der Waals surface area contributed by atoms with Crippen LogP contribution in [0.2, 0.25) is 0 Å². The molecular weight excluding hydrogens is 291 g/mol. The maximum Gasteiger partial charge on any atom is 0.534 e. The normalized spacial score (nSPS) is 12.2. The number of rotatable bonds is 4. The first-order chi connectivity index (χ1) is 8.58. The van der Waals surface area contributed by atoms with Crippen LogP contribution in [-0.2, 0) is 16.5 Å². The number of aryl methyl sites for hydroxylation is 1. The minimum atomic E-state index is -5.79. The maximum absolute atomic E-state index is 12.1. The number of hydrogen-bond acceptors (Lipinski definition) is 5. The molecule has 0 heterocycles. The van der Waals surface area contributed by atoms with Crippen molar-refractivity contribution >= 4 is 15.8 Å². The summed E-state index contributed by atoms with van der Waals surface area (Å²) in [5, 5.41) is 10.5. The van der Waals surface area contributed by atoms with Gasteiger partial charge in [-0.15, -0.1) is 0 Å². The van der Waals surface area contributed by atoms with Gasteiger partial charge in [0.05, 0.1) is 4.92 Å². The lowest BCUT2D eigenvalue weighted by atomic mass is 10.1. The first-order valence-corrected chi connectivity index (χ1v) is 6.27. The predicted octanol–water partition coefficient (Wildman–Crippen LogP) is 2.39. The molecule has 0 saturated heterocycles. The van der Waals surface area contributed by atoms with E-state index < -0.39 is 26.3 Å². The van der Waals surface area contributed by atoms with E-state index >= 15 is 0 Å². The standard InChI is InChI=1S/C9H8F3NO5S/c1-2-6-5-7(13(14)15)3-4-8(6)18-19(16,17)9(10,11)12/h3-5H,2H2,1H3. The van der Waals surface area contributed by atoms with Crippen LogP contribution in [0.4, 0.5) is 18.9 Å². The summed E-state index contributed by atoms with van der Waals surface area (Å²) in [5.41, 5.74) is -5.93. The Morgan fingerprint density at radius 3 is 2.37 bits per heavy atom. The lowest BCUT2D eigenvalue weighted by molar-refractivity contribution is -0.384. The fraction of sp³-hybridized carbons (Fsp3) is 0.333. The second-order valence-corrected chi connectivity index (χ2v) is 4.92. The monoisotopic (exact) mass is 299 g/mol. The second kappa shape index (κ2) is 5.03. The average molecular weight is 299 g/mol. The number of nitro groups is 1. The Morgan fingerprint density at radius 2 is 1.95 bits per heavy atom. The minimum Gasteiger partial charge on any atom is -0.376 e. The van der Waals surface area contributed by atoms with Crippen molar-refractivity contribution in [3.8, 4) is 5.75 Å². The van der Waals surface area contributed by atoms with E-state index in [-0.39, 0.29) is 17.7 Å². The van der Waals surface area contributed by atoms with Gasteiger partial charge < -0.3 is 4.18 Å². The molecule has 0 atom stereocenters. The number of halogens is 3. The smallest absolute Gasteiger partial charge is 0.376 e. The largest absolute Gasteiger partial charge is 0.534 e. The Hall–Kier alpha value is -1.84. The third kappa shape index (κ3) is 3.34. The molecule has 1 aromatic rings. The lowest BCUT2D eigenvalue weighted by Crippen LogP contribution is -2.28. The van der Waals surface area contributed by atoms with Crippen LogP contribution in [-0.4, -0.2) is 18.8 Å². The highest BCUT2D eigenvalue weighted by Crippen LogP contribution is 2.31. The molecule has 0 amide bonds. The number of non-ortho nitro benzene ring substituents is 1. The van der Waals surface area contributed by atoms with Gasteiger partial charge in [-0.3, -0.25) is 10.1 Å². The second-order valence-electron chi connectivity index (χ2n) is 3.39. The summed E-state index contributed by atoms with van der Waals surface area (Å²) >= 11 is 0. The van der Waals surface area contributed by atoms with Gasteiger partial charge in [-0.1, -0.05) is 6.92 Å². The zero-order chi connectivity index (χ0) is 14.8. The molecule has 0 saturated carbocycles. The molecule has 0 fully saturated rings. The maximum atomic E-state index is 12.1. The Balaban J connectivity index is 3.20. The first-order valence-electron chi connectivity index (χ1n) is 4.86. The molecule has 0 N–H and O–H groups in total. The molecule has 1 aromatic carbocycles. The molecular formula is C9H8F3NO5S. The highest BCUT2D eigenvalue weighted by Gasteiger charge is 2.48. The van der Waals surface area contributed by atoms with Crippen LogP contribution < -0.4 is 4.18 Å². The average Bonchev–Trinajstić information content (AvgIpc) is 2.27. The third-order valence-corrected chi connectivity index (χ3v) is 3.08. The van der Waals surface area contributed by atoms with Crippen LogP contribution in [0.25, 0.3) is 0 Å². The Kier molecular flexibility index (Phi) is 4.03. The van der Waals surface area contributed by atoms with Gasteiger partial charge in [0.25, 0.3) is 5.69 Å². The molecule has 0 aliphatic rings. The quantitative estimate of drug-likeness (QED) is 0.369. The highest BCUT2D eigenvalue weighted by molar-refractivity contribution is 7.88. The lowest BCUT2D eigenvalue weighted by Gasteiger charge is -2.11. The molecule has 0 radical (unpaired) electrons. The molecule has 1 rings (SSSR count). The molecule has 0 spiro atoms. The fourth-order valence-electron chi connectivity index (χ4n) is 1.20. The summed E-state index contributed by atoms with van der Waals surface area (Å²) in [4.78, 5) is 9.74. The summed E-state index contributed by atoms with van der Waals surface area (Å²) in [6.45, 7) is 1.49. The molecule has 0 unspecified atom stereocenters. The number of nitrogens with zero attached hydrogens (tertiary/aromatic N) is 1.